The Morgan fingerprint density at radius 1 is 1.40 bits per heavy atom. The van der Waals surface area contributed by atoms with E-state index in [2.05, 4.69) is 36.5 Å². The standard InChI is InChI=1S/C13H15BrN4O2/c1-3-15-12-10(4-9(14)6-17-12)13(19)18-7-11-16-5-8(2)20-11/h4-6H,3,7H2,1-2H3,(H,15,17)(H,18,19). The van der Waals surface area contributed by atoms with Gasteiger partial charge >= 0.3 is 0 Å². The quantitative estimate of drug-likeness (QED) is 0.875. The van der Waals surface area contributed by atoms with Crippen LogP contribution in [0.1, 0.15) is 28.9 Å². The number of oxazole rings is 1. The summed E-state index contributed by atoms with van der Waals surface area (Å²) in [4.78, 5) is 20.4. The molecule has 2 rings (SSSR count). The first-order chi connectivity index (χ1) is 9.60. The van der Waals surface area contributed by atoms with Gasteiger partial charge in [0.25, 0.3) is 5.91 Å². The molecule has 0 fully saturated rings. The number of hydrogen-bond acceptors (Lipinski definition) is 5. The van der Waals surface area contributed by atoms with Crippen LogP contribution < -0.4 is 10.6 Å². The number of nitrogens with zero attached hydrogens (tertiary/aromatic N) is 2. The number of carbonyl (C=O) groups excluding carboxylic acids is 1. The lowest BCUT2D eigenvalue weighted by atomic mass is 10.2. The minimum Gasteiger partial charge on any atom is -0.444 e. The molecule has 7 heteroatoms. The molecule has 20 heavy (non-hydrogen) atoms. The summed E-state index contributed by atoms with van der Waals surface area (Å²) in [5.74, 6) is 1.51. The van der Waals surface area contributed by atoms with Crippen molar-refractivity contribution in [3.63, 3.8) is 0 Å². The fourth-order valence-electron chi connectivity index (χ4n) is 1.65. The molecular formula is C13H15BrN4O2. The molecular weight excluding hydrogens is 324 g/mol. The number of amides is 1. The molecule has 106 valence electrons. The number of carbonyl (C=O) groups is 1. The fourth-order valence-corrected chi connectivity index (χ4v) is 1.99. The Hall–Kier alpha value is -1.89. The number of halogens is 1. The van der Waals surface area contributed by atoms with Gasteiger partial charge in [0.15, 0.2) is 0 Å². The molecule has 0 unspecified atom stereocenters. The van der Waals surface area contributed by atoms with Gasteiger partial charge in [-0.25, -0.2) is 9.97 Å². The maximum Gasteiger partial charge on any atom is 0.255 e. The molecule has 6 nitrogen and oxygen atoms in total. The summed E-state index contributed by atoms with van der Waals surface area (Å²) in [6.45, 7) is 4.68. The second-order valence-electron chi connectivity index (χ2n) is 4.13. The van der Waals surface area contributed by atoms with Crippen molar-refractivity contribution in [3.8, 4) is 0 Å². The predicted octanol–water partition coefficient (Wildman–Crippen LogP) is 2.50. The predicted molar refractivity (Wildman–Crippen MR) is 78.5 cm³/mol. The largest absolute Gasteiger partial charge is 0.444 e. The van der Waals surface area contributed by atoms with Crippen molar-refractivity contribution in [2.75, 3.05) is 11.9 Å². The van der Waals surface area contributed by atoms with Crippen molar-refractivity contribution >= 4 is 27.7 Å². The first-order valence-electron chi connectivity index (χ1n) is 6.19. The second-order valence-corrected chi connectivity index (χ2v) is 5.04. The van der Waals surface area contributed by atoms with E-state index in [-0.39, 0.29) is 12.5 Å². The molecule has 2 aromatic rings. The molecule has 0 aliphatic carbocycles. The number of aryl methyl sites for hydroxylation is 1. The van der Waals surface area contributed by atoms with Crippen molar-refractivity contribution in [1.29, 1.82) is 0 Å². The van der Waals surface area contributed by atoms with E-state index in [1.54, 1.807) is 25.4 Å². The minimum absolute atomic E-state index is 0.231. The van der Waals surface area contributed by atoms with Gasteiger partial charge in [-0.3, -0.25) is 4.79 Å². The van der Waals surface area contributed by atoms with Gasteiger partial charge in [-0.05, 0) is 35.8 Å². The van der Waals surface area contributed by atoms with Crippen LogP contribution in [-0.2, 0) is 6.54 Å². The van der Waals surface area contributed by atoms with Crippen molar-refractivity contribution in [3.05, 3.63) is 40.1 Å². The maximum absolute atomic E-state index is 12.2. The first kappa shape index (κ1) is 14.5. The van der Waals surface area contributed by atoms with Crippen molar-refractivity contribution in [2.24, 2.45) is 0 Å². The molecule has 0 saturated heterocycles. The normalized spacial score (nSPS) is 10.3. The molecule has 2 N–H and O–H groups in total. The smallest absolute Gasteiger partial charge is 0.255 e. The summed E-state index contributed by atoms with van der Waals surface area (Å²) in [6, 6.07) is 1.72. The SMILES string of the molecule is CCNc1ncc(Br)cc1C(=O)NCc1ncc(C)o1. The van der Waals surface area contributed by atoms with E-state index >= 15 is 0 Å². The summed E-state index contributed by atoms with van der Waals surface area (Å²) in [6.07, 6.45) is 3.26. The van der Waals surface area contributed by atoms with Crippen LogP contribution in [0.4, 0.5) is 5.82 Å². The topological polar surface area (TPSA) is 80.0 Å². The van der Waals surface area contributed by atoms with Gasteiger partial charge in [0.1, 0.15) is 11.6 Å². The third kappa shape index (κ3) is 3.57. The summed E-state index contributed by atoms with van der Waals surface area (Å²) in [5, 5.41) is 5.81. The molecule has 0 aliphatic rings. The molecule has 0 aliphatic heterocycles. The van der Waals surface area contributed by atoms with Crippen LogP contribution in [0, 0.1) is 6.92 Å². The highest BCUT2D eigenvalue weighted by Gasteiger charge is 2.13. The number of rotatable bonds is 5. The molecule has 2 heterocycles. The van der Waals surface area contributed by atoms with E-state index in [1.165, 1.54) is 0 Å². The van der Waals surface area contributed by atoms with Gasteiger partial charge in [0.05, 0.1) is 18.3 Å². The van der Waals surface area contributed by atoms with Crippen molar-refractivity contribution in [1.82, 2.24) is 15.3 Å². The summed E-state index contributed by atoms with van der Waals surface area (Å²) in [5.41, 5.74) is 0.476. The summed E-state index contributed by atoms with van der Waals surface area (Å²) < 4.78 is 6.05. The molecule has 0 saturated carbocycles. The highest BCUT2D eigenvalue weighted by Crippen LogP contribution is 2.18. The molecule has 1 amide bonds. The van der Waals surface area contributed by atoms with Crippen LogP contribution in [0.2, 0.25) is 0 Å². The van der Waals surface area contributed by atoms with Gasteiger partial charge in [-0.2, -0.15) is 0 Å². The van der Waals surface area contributed by atoms with E-state index in [4.69, 9.17) is 4.42 Å². The van der Waals surface area contributed by atoms with Crippen LogP contribution in [0.25, 0.3) is 0 Å². The first-order valence-corrected chi connectivity index (χ1v) is 6.98. The molecule has 0 bridgehead atoms. The number of aromatic nitrogens is 2. The monoisotopic (exact) mass is 338 g/mol. The number of hydrogen-bond donors (Lipinski definition) is 2. The zero-order valence-electron chi connectivity index (χ0n) is 11.2. The molecule has 0 aromatic carbocycles. The van der Waals surface area contributed by atoms with Crippen molar-refractivity contribution < 1.29 is 9.21 Å². The van der Waals surface area contributed by atoms with Gasteiger partial charge in [-0.1, -0.05) is 0 Å². The average molecular weight is 339 g/mol. The Bertz CT molecular complexity index is 612. The van der Waals surface area contributed by atoms with E-state index in [1.807, 2.05) is 6.92 Å². The van der Waals surface area contributed by atoms with Gasteiger partial charge in [0.2, 0.25) is 5.89 Å². The molecule has 0 atom stereocenters. The zero-order chi connectivity index (χ0) is 14.5. The third-order valence-corrected chi connectivity index (χ3v) is 2.95. The maximum atomic E-state index is 12.2. The molecule has 0 spiro atoms. The van der Waals surface area contributed by atoms with Crippen LogP contribution in [0.15, 0.2) is 27.3 Å². The number of pyridine rings is 1. The number of anilines is 1. The lowest BCUT2D eigenvalue weighted by Gasteiger charge is -2.09. The van der Waals surface area contributed by atoms with Gasteiger partial charge < -0.3 is 15.1 Å². The highest BCUT2D eigenvalue weighted by atomic mass is 79.9. The molecule has 2 aromatic heterocycles. The van der Waals surface area contributed by atoms with Crippen LogP contribution in [0.3, 0.4) is 0 Å². The van der Waals surface area contributed by atoms with Gasteiger partial charge in [-0.15, -0.1) is 0 Å². The fraction of sp³-hybridized carbons (Fsp3) is 0.308. The number of nitrogens with one attached hydrogen (secondary N) is 2. The lowest BCUT2D eigenvalue weighted by Crippen LogP contribution is -2.24. The Labute approximate surface area is 125 Å². The average Bonchev–Trinajstić information content (AvgIpc) is 2.84. The zero-order valence-corrected chi connectivity index (χ0v) is 12.8. The van der Waals surface area contributed by atoms with Crippen molar-refractivity contribution in [2.45, 2.75) is 20.4 Å². The van der Waals surface area contributed by atoms with E-state index < -0.39 is 0 Å². The Balaban J connectivity index is 2.09. The minimum atomic E-state index is -0.231. The van der Waals surface area contributed by atoms with E-state index in [9.17, 15) is 4.79 Å². The van der Waals surface area contributed by atoms with Gasteiger partial charge in [0, 0.05) is 17.2 Å². The van der Waals surface area contributed by atoms with Crippen LogP contribution in [0.5, 0.6) is 0 Å². The highest BCUT2D eigenvalue weighted by molar-refractivity contribution is 9.10. The van der Waals surface area contributed by atoms with E-state index in [0.717, 1.165) is 4.47 Å². The Morgan fingerprint density at radius 2 is 2.20 bits per heavy atom. The van der Waals surface area contributed by atoms with Crippen LogP contribution >= 0.6 is 15.9 Å². The Kier molecular flexibility index (Phi) is 4.73. The Morgan fingerprint density at radius 3 is 2.85 bits per heavy atom. The van der Waals surface area contributed by atoms with E-state index in [0.29, 0.717) is 29.6 Å². The van der Waals surface area contributed by atoms with Crippen LogP contribution in [-0.4, -0.2) is 22.4 Å². The third-order valence-electron chi connectivity index (χ3n) is 2.51. The summed E-state index contributed by atoms with van der Waals surface area (Å²) in [7, 11) is 0. The molecule has 0 radical (unpaired) electrons. The lowest BCUT2D eigenvalue weighted by molar-refractivity contribution is 0.0947. The summed E-state index contributed by atoms with van der Waals surface area (Å²) >= 11 is 3.31. The second kappa shape index (κ2) is 6.51.